The third-order valence-electron chi connectivity index (χ3n) is 2.89. The summed E-state index contributed by atoms with van der Waals surface area (Å²) in [7, 11) is 0. The Morgan fingerprint density at radius 3 is 3.00 bits per heavy atom. The van der Waals surface area contributed by atoms with Crippen molar-refractivity contribution in [1.29, 1.82) is 0 Å². The summed E-state index contributed by atoms with van der Waals surface area (Å²) in [6.07, 6.45) is 2.30. The van der Waals surface area contributed by atoms with Crippen molar-refractivity contribution in [2.45, 2.75) is 6.92 Å². The molecule has 21 heavy (non-hydrogen) atoms. The first kappa shape index (κ1) is 13.3. The predicted octanol–water partition coefficient (Wildman–Crippen LogP) is 3.22. The monoisotopic (exact) mass is 303 g/mol. The second-order valence-corrected chi connectivity index (χ2v) is 5.18. The molecule has 2 aromatic heterocycles. The number of nitrogens with zero attached hydrogens (tertiary/aromatic N) is 3. The van der Waals surface area contributed by atoms with Gasteiger partial charge in [0.2, 0.25) is 11.6 Å². The second kappa shape index (κ2) is 4.98. The van der Waals surface area contributed by atoms with E-state index in [0.717, 1.165) is 5.56 Å². The second-order valence-electron chi connectivity index (χ2n) is 4.31. The number of carbonyl (C=O) groups is 1. The van der Waals surface area contributed by atoms with Gasteiger partial charge in [-0.3, -0.25) is 19.3 Å². The number of aldehydes is 1. The van der Waals surface area contributed by atoms with Gasteiger partial charge in [0.05, 0.1) is 4.92 Å². The minimum atomic E-state index is -0.526. The van der Waals surface area contributed by atoms with Crippen LogP contribution in [0, 0.1) is 17.0 Å². The maximum atomic E-state index is 11.2. The lowest BCUT2D eigenvalue weighted by Crippen LogP contribution is -1.96. The lowest BCUT2D eigenvalue weighted by atomic mass is 10.2. The van der Waals surface area contributed by atoms with E-state index in [9.17, 15) is 14.9 Å². The van der Waals surface area contributed by atoms with E-state index in [1.165, 1.54) is 23.5 Å². The first-order chi connectivity index (χ1) is 10.1. The molecule has 0 amide bonds. The van der Waals surface area contributed by atoms with E-state index in [1.807, 2.05) is 0 Å². The number of imidazole rings is 1. The molecule has 0 aliphatic carbocycles. The normalized spacial score (nSPS) is 10.7. The molecule has 0 radical (unpaired) electrons. The molecule has 0 bridgehead atoms. The molecule has 8 heteroatoms. The molecule has 0 spiro atoms. The van der Waals surface area contributed by atoms with E-state index in [0.29, 0.717) is 11.2 Å². The SMILES string of the molecule is Cc1ccc(Oc2nc3sccn3c2C=O)c([N+](=O)[O-])c1. The average molecular weight is 303 g/mol. The van der Waals surface area contributed by atoms with Gasteiger partial charge >= 0.3 is 5.69 Å². The van der Waals surface area contributed by atoms with Crippen LogP contribution in [0.4, 0.5) is 5.69 Å². The fourth-order valence-electron chi connectivity index (χ4n) is 1.93. The molecule has 0 saturated heterocycles. The van der Waals surface area contributed by atoms with E-state index in [-0.39, 0.29) is 23.0 Å². The van der Waals surface area contributed by atoms with Gasteiger partial charge in [0.1, 0.15) is 0 Å². The fraction of sp³-hybridized carbons (Fsp3) is 0.0769. The van der Waals surface area contributed by atoms with Gasteiger partial charge in [-0.1, -0.05) is 6.07 Å². The zero-order valence-electron chi connectivity index (χ0n) is 10.8. The van der Waals surface area contributed by atoms with Gasteiger partial charge < -0.3 is 4.74 Å². The molecule has 0 unspecified atom stereocenters. The van der Waals surface area contributed by atoms with Gasteiger partial charge in [-0.15, -0.1) is 11.3 Å². The topological polar surface area (TPSA) is 86.7 Å². The highest BCUT2D eigenvalue weighted by molar-refractivity contribution is 7.15. The van der Waals surface area contributed by atoms with Crippen molar-refractivity contribution >= 4 is 28.3 Å². The molecule has 0 aliphatic heterocycles. The Morgan fingerprint density at radius 1 is 1.48 bits per heavy atom. The molecule has 0 atom stereocenters. The number of aryl methyl sites for hydroxylation is 1. The van der Waals surface area contributed by atoms with Crippen LogP contribution in [0.15, 0.2) is 29.8 Å². The van der Waals surface area contributed by atoms with Crippen molar-refractivity contribution in [2.75, 3.05) is 0 Å². The van der Waals surface area contributed by atoms with Gasteiger partial charge in [-0.25, -0.2) is 0 Å². The van der Waals surface area contributed by atoms with Crippen LogP contribution in [-0.4, -0.2) is 20.6 Å². The summed E-state index contributed by atoms with van der Waals surface area (Å²) >= 11 is 1.34. The standard InChI is InChI=1S/C13H9N3O4S/c1-8-2-3-11(9(6-8)16(18)19)20-12-10(7-17)15-4-5-21-13(15)14-12/h2-7H,1H3. The van der Waals surface area contributed by atoms with Crippen molar-refractivity contribution in [3.63, 3.8) is 0 Å². The molecule has 106 valence electrons. The molecule has 0 N–H and O–H groups in total. The van der Waals surface area contributed by atoms with Crippen LogP contribution in [0.3, 0.4) is 0 Å². The molecule has 3 rings (SSSR count). The minimum absolute atomic E-state index is 0.0550. The largest absolute Gasteiger partial charge is 0.430 e. The number of fused-ring (bicyclic) bond motifs is 1. The first-order valence-electron chi connectivity index (χ1n) is 5.94. The van der Waals surface area contributed by atoms with E-state index in [4.69, 9.17) is 4.74 Å². The number of benzene rings is 1. The number of aromatic nitrogens is 2. The maximum absolute atomic E-state index is 11.2. The summed E-state index contributed by atoms with van der Waals surface area (Å²) in [6.45, 7) is 1.75. The smallest absolute Gasteiger partial charge is 0.311 e. The maximum Gasteiger partial charge on any atom is 0.311 e. The van der Waals surface area contributed by atoms with Crippen molar-refractivity contribution in [2.24, 2.45) is 0 Å². The number of nitro groups is 1. The summed E-state index contributed by atoms with van der Waals surface area (Å²) < 4.78 is 7.07. The zero-order valence-corrected chi connectivity index (χ0v) is 11.7. The van der Waals surface area contributed by atoms with Crippen LogP contribution in [0.25, 0.3) is 4.96 Å². The van der Waals surface area contributed by atoms with E-state index in [2.05, 4.69) is 4.98 Å². The molecular formula is C13H9N3O4S. The Labute approximate surface area is 122 Å². The molecule has 0 fully saturated rings. The van der Waals surface area contributed by atoms with Crippen molar-refractivity contribution in [3.8, 4) is 11.6 Å². The van der Waals surface area contributed by atoms with E-state index >= 15 is 0 Å². The average Bonchev–Trinajstić information content (AvgIpc) is 3.00. The Hall–Kier alpha value is -2.74. The number of rotatable bonds is 4. The number of hydrogen-bond acceptors (Lipinski definition) is 6. The molecular weight excluding hydrogens is 294 g/mol. The van der Waals surface area contributed by atoms with Crippen LogP contribution in [-0.2, 0) is 0 Å². The van der Waals surface area contributed by atoms with Gasteiger partial charge in [-0.2, -0.15) is 4.98 Å². The van der Waals surface area contributed by atoms with Crippen LogP contribution in [0.5, 0.6) is 11.6 Å². The van der Waals surface area contributed by atoms with Crippen molar-refractivity contribution in [3.05, 3.63) is 51.1 Å². The molecule has 0 aliphatic rings. The highest BCUT2D eigenvalue weighted by Gasteiger charge is 2.20. The summed E-state index contributed by atoms with van der Waals surface area (Å²) in [5.74, 6) is 0.114. The van der Waals surface area contributed by atoms with Crippen molar-refractivity contribution < 1.29 is 14.5 Å². The Kier molecular flexibility index (Phi) is 3.15. The van der Waals surface area contributed by atoms with E-state index in [1.54, 1.807) is 29.0 Å². The quantitative estimate of drug-likeness (QED) is 0.419. The molecule has 3 aromatic rings. The van der Waals surface area contributed by atoms with Gasteiger partial charge in [0.25, 0.3) is 0 Å². The van der Waals surface area contributed by atoms with Gasteiger partial charge in [0.15, 0.2) is 16.9 Å². The number of hydrogen-bond donors (Lipinski definition) is 0. The number of nitro benzene ring substituents is 1. The molecule has 7 nitrogen and oxygen atoms in total. The lowest BCUT2D eigenvalue weighted by Gasteiger charge is -2.04. The van der Waals surface area contributed by atoms with Gasteiger partial charge in [0, 0.05) is 17.6 Å². The Morgan fingerprint density at radius 2 is 2.29 bits per heavy atom. The molecule has 1 aromatic carbocycles. The summed E-state index contributed by atoms with van der Waals surface area (Å²) in [5.41, 5.74) is 0.805. The van der Waals surface area contributed by atoms with Crippen molar-refractivity contribution in [1.82, 2.24) is 9.38 Å². The molecule has 2 heterocycles. The van der Waals surface area contributed by atoms with Gasteiger partial charge in [-0.05, 0) is 18.6 Å². The number of thiazole rings is 1. The minimum Gasteiger partial charge on any atom is -0.430 e. The van der Waals surface area contributed by atoms with E-state index < -0.39 is 4.92 Å². The summed E-state index contributed by atoms with van der Waals surface area (Å²) in [4.78, 5) is 26.5. The summed E-state index contributed by atoms with van der Waals surface area (Å²) in [5, 5.41) is 12.9. The zero-order chi connectivity index (χ0) is 15.0. The van der Waals surface area contributed by atoms with Crippen LogP contribution < -0.4 is 4.74 Å². The fourth-order valence-corrected chi connectivity index (χ4v) is 2.64. The van der Waals surface area contributed by atoms with Crippen LogP contribution >= 0.6 is 11.3 Å². The Balaban J connectivity index is 2.08. The predicted molar refractivity (Wildman–Crippen MR) is 76.4 cm³/mol. The third kappa shape index (κ3) is 2.25. The van der Waals surface area contributed by atoms with Crippen LogP contribution in [0.1, 0.15) is 16.1 Å². The summed E-state index contributed by atoms with van der Waals surface area (Å²) in [6, 6.07) is 4.60. The van der Waals surface area contributed by atoms with Crippen LogP contribution in [0.2, 0.25) is 0 Å². The highest BCUT2D eigenvalue weighted by Crippen LogP contribution is 2.33. The number of carbonyl (C=O) groups excluding carboxylic acids is 1. The molecule has 0 saturated carbocycles. The lowest BCUT2D eigenvalue weighted by molar-refractivity contribution is -0.385. The third-order valence-corrected chi connectivity index (χ3v) is 3.65. The Bertz CT molecular complexity index is 852. The highest BCUT2D eigenvalue weighted by atomic mass is 32.1. The first-order valence-corrected chi connectivity index (χ1v) is 6.81. The number of ether oxygens (including phenoxy) is 1.